The Balaban J connectivity index is 2.44. The summed E-state index contributed by atoms with van der Waals surface area (Å²) in [6.45, 7) is 1.57. The van der Waals surface area contributed by atoms with Gasteiger partial charge in [0.2, 0.25) is 0 Å². The molecule has 1 saturated heterocycles. The molecule has 0 spiro atoms. The van der Waals surface area contributed by atoms with Gasteiger partial charge in [-0.2, -0.15) is 13.2 Å². The zero-order valence-electron chi connectivity index (χ0n) is 10.5. The van der Waals surface area contributed by atoms with Gasteiger partial charge in [-0.15, -0.1) is 0 Å². The topological polar surface area (TPSA) is 41.5 Å². The Morgan fingerprint density at radius 1 is 1.26 bits per heavy atom. The molecule has 1 heterocycles. The number of halogens is 3. The van der Waals surface area contributed by atoms with Gasteiger partial charge in [0.15, 0.2) is 11.5 Å². The molecule has 1 aliphatic heterocycles. The third-order valence-electron chi connectivity index (χ3n) is 3.43. The van der Waals surface area contributed by atoms with Crippen LogP contribution in [0.3, 0.4) is 0 Å². The Labute approximate surface area is 109 Å². The van der Waals surface area contributed by atoms with Crippen LogP contribution in [0.1, 0.15) is 29.9 Å². The van der Waals surface area contributed by atoms with Crippen molar-refractivity contribution < 1.29 is 23.0 Å². The quantitative estimate of drug-likeness (QED) is 0.872. The number of ether oxygens (including phenoxy) is 1. The minimum Gasteiger partial charge on any atom is -0.504 e. The van der Waals surface area contributed by atoms with Crippen LogP contribution >= 0.6 is 0 Å². The van der Waals surface area contributed by atoms with Gasteiger partial charge < -0.3 is 15.2 Å². The number of phenols is 1. The molecule has 2 N–H and O–H groups in total. The van der Waals surface area contributed by atoms with Crippen LogP contribution < -0.4 is 10.1 Å². The maximum Gasteiger partial charge on any atom is 0.420 e. The van der Waals surface area contributed by atoms with Crippen molar-refractivity contribution >= 4 is 0 Å². The number of alkyl halides is 3. The minimum atomic E-state index is -4.58. The van der Waals surface area contributed by atoms with Crippen molar-refractivity contribution in [2.24, 2.45) is 0 Å². The fraction of sp³-hybridized carbons (Fsp3) is 0.538. The Morgan fingerprint density at radius 3 is 2.42 bits per heavy atom. The zero-order valence-corrected chi connectivity index (χ0v) is 10.5. The Morgan fingerprint density at radius 2 is 1.89 bits per heavy atom. The van der Waals surface area contributed by atoms with Crippen molar-refractivity contribution in [3.63, 3.8) is 0 Å². The number of benzene rings is 1. The smallest absolute Gasteiger partial charge is 0.420 e. The molecule has 1 fully saturated rings. The molecule has 1 aromatic rings. The maximum atomic E-state index is 12.9. The Bertz CT molecular complexity index is 454. The lowest BCUT2D eigenvalue weighted by atomic mass is 9.89. The van der Waals surface area contributed by atoms with E-state index in [4.69, 9.17) is 4.74 Å². The molecule has 0 saturated carbocycles. The lowest BCUT2D eigenvalue weighted by molar-refractivity contribution is -0.139. The van der Waals surface area contributed by atoms with Gasteiger partial charge in [-0.05, 0) is 49.5 Å². The summed E-state index contributed by atoms with van der Waals surface area (Å²) in [6.07, 6.45) is -3.02. The van der Waals surface area contributed by atoms with Crippen LogP contribution in [0, 0.1) is 0 Å². The SMILES string of the molecule is COc1cc(C2CCNCC2)cc(C(F)(F)F)c1O. The van der Waals surface area contributed by atoms with Crippen LogP contribution in [0.25, 0.3) is 0 Å². The second kappa shape index (κ2) is 5.28. The number of methoxy groups -OCH3 is 1. The molecular formula is C13H16F3NO2. The van der Waals surface area contributed by atoms with Crippen LogP contribution in [0.5, 0.6) is 11.5 Å². The van der Waals surface area contributed by atoms with E-state index in [2.05, 4.69) is 5.32 Å². The summed E-state index contributed by atoms with van der Waals surface area (Å²) in [4.78, 5) is 0. The second-order valence-corrected chi connectivity index (χ2v) is 4.64. The molecule has 2 rings (SSSR count). The van der Waals surface area contributed by atoms with Crippen LogP contribution in [-0.4, -0.2) is 25.3 Å². The van der Waals surface area contributed by atoms with Crippen LogP contribution in [0.15, 0.2) is 12.1 Å². The molecule has 0 radical (unpaired) electrons. The summed E-state index contributed by atoms with van der Waals surface area (Å²) in [5.74, 6) is -0.895. The molecule has 0 bridgehead atoms. The average molecular weight is 275 g/mol. The van der Waals surface area contributed by atoms with E-state index >= 15 is 0 Å². The standard InChI is InChI=1S/C13H16F3NO2/c1-19-11-7-9(8-2-4-17-5-3-8)6-10(12(11)18)13(14,15)16/h6-8,17-18H,2-5H2,1H3. The van der Waals surface area contributed by atoms with E-state index in [-0.39, 0.29) is 11.7 Å². The van der Waals surface area contributed by atoms with Crippen molar-refractivity contribution in [1.29, 1.82) is 0 Å². The van der Waals surface area contributed by atoms with E-state index in [0.717, 1.165) is 32.0 Å². The molecular weight excluding hydrogens is 259 g/mol. The van der Waals surface area contributed by atoms with Gasteiger partial charge >= 0.3 is 6.18 Å². The van der Waals surface area contributed by atoms with Crippen LogP contribution in [-0.2, 0) is 6.18 Å². The summed E-state index contributed by atoms with van der Waals surface area (Å²) in [7, 11) is 1.25. The largest absolute Gasteiger partial charge is 0.504 e. The molecule has 6 heteroatoms. The highest BCUT2D eigenvalue weighted by molar-refractivity contribution is 5.50. The number of hydrogen-bond acceptors (Lipinski definition) is 3. The fourth-order valence-corrected chi connectivity index (χ4v) is 2.39. The first-order valence-corrected chi connectivity index (χ1v) is 6.12. The lowest BCUT2D eigenvalue weighted by Gasteiger charge is -2.24. The summed E-state index contributed by atoms with van der Waals surface area (Å²) in [5.41, 5.74) is -0.455. The van der Waals surface area contributed by atoms with E-state index < -0.39 is 17.5 Å². The van der Waals surface area contributed by atoms with Gasteiger partial charge in [-0.25, -0.2) is 0 Å². The lowest BCUT2D eigenvalue weighted by Crippen LogP contribution is -2.26. The highest BCUT2D eigenvalue weighted by atomic mass is 19.4. The van der Waals surface area contributed by atoms with Gasteiger partial charge in [-0.3, -0.25) is 0 Å². The normalized spacial score (nSPS) is 17.5. The van der Waals surface area contributed by atoms with E-state index in [9.17, 15) is 18.3 Å². The summed E-state index contributed by atoms with van der Waals surface area (Å²) < 4.78 is 43.5. The second-order valence-electron chi connectivity index (χ2n) is 4.64. The summed E-state index contributed by atoms with van der Waals surface area (Å²) in [6, 6.07) is 2.54. The zero-order chi connectivity index (χ0) is 14.0. The highest BCUT2D eigenvalue weighted by Crippen LogP contribution is 2.43. The summed E-state index contributed by atoms with van der Waals surface area (Å²) >= 11 is 0. The van der Waals surface area contributed by atoms with E-state index in [1.807, 2.05) is 0 Å². The van der Waals surface area contributed by atoms with Crippen molar-refractivity contribution in [2.75, 3.05) is 20.2 Å². The first kappa shape index (κ1) is 14.0. The van der Waals surface area contributed by atoms with Gasteiger partial charge in [0.25, 0.3) is 0 Å². The van der Waals surface area contributed by atoms with Crippen molar-refractivity contribution in [1.82, 2.24) is 5.32 Å². The molecule has 19 heavy (non-hydrogen) atoms. The highest BCUT2D eigenvalue weighted by Gasteiger charge is 2.36. The molecule has 106 valence electrons. The number of nitrogens with one attached hydrogen (secondary N) is 1. The molecule has 1 aliphatic rings. The minimum absolute atomic E-state index is 0.0665. The molecule has 3 nitrogen and oxygen atoms in total. The molecule has 0 aromatic heterocycles. The number of phenolic OH excluding ortho intramolecular Hbond substituents is 1. The van der Waals surface area contributed by atoms with Crippen molar-refractivity contribution in [2.45, 2.75) is 24.9 Å². The fourth-order valence-electron chi connectivity index (χ4n) is 2.39. The third-order valence-corrected chi connectivity index (χ3v) is 3.43. The molecule has 0 amide bonds. The van der Waals surface area contributed by atoms with E-state index in [1.165, 1.54) is 13.2 Å². The van der Waals surface area contributed by atoms with Gasteiger partial charge in [-0.1, -0.05) is 0 Å². The molecule has 0 aliphatic carbocycles. The van der Waals surface area contributed by atoms with E-state index in [1.54, 1.807) is 0 Å². The van der Waals surface area contributed by atoms with Crippen molar-refractivity contribution in [3.05, 3.63) is 23.3 Å². The third kappa shape index (κ3) is 2.94. The average Bonchev–Trinajstić information content (AvgIpc) is 2.38. The maximum absolute atomic E-state index is 12.9. The van der Waals surface area contributed by atoms with E-state index in [0.29, 0.717) is 5.56 Å². The van der Waals surface area contributed by atoms with Gasteiger partial charge in [0.1, 0.15) is 5.56 Å². The molecule has 0 atom stereocenters. The predicted octanol–water partition coefficient (Wildman–Crippen LogP) is 2.89. The van der Waals surface area contributed by atoms with Crippen molar-refractivity contribution in [3.8, 4) is 11.5 Å². The van der Waals surface area contributed by atoms with Gasteiger partial charge in [0.05, 0.1) is 7.11 Å². The molecule has 0 unspecified atom stereocenters. The number of piperidine rings is 1. The van der Waals surface area contributed by atoms with Gasteiger partial charge in [0, 0.05) is 0 Å². The number of aromatic hydroxyl groups is 1. The molecule has 1 aromatic carbocycles. The number of hydrogen-bond donors (Lipinski definition) is 2. The Kier molecular flexibility index (Phi) is 3.89. The van der Waals surface area contributed by atoms with Crippen LogP contribution in [0.4, 0.5) is 13.2 Å². The summed E-state index contributed by atoms with van der Waals surface area (Å²) in [5, 5.41) is 12.8. The first-order valence-electron chi connectivity index (χ1n) is 6.12. The first-order chi connectivity index (χ1) is 8.93. The Hall–Kier alpha value is -1.43. The predicted molar refractivity (Wildman–Crippen MR) is 64.5 cm³/mol. The van der Waals surface area contributed by atoms with Crippen LogP contribution in [0.2, 0.25) is 0 Å². The monoisotopic (exact) mass is 275 g/mol. The number of rotatable bonds is 2.